The fraction of sp³-hybridized carbons (Fsp3) is 0.111. The number of H-pyrrole nitrogens is 1. The summed E-state index contributed by atoms with van der Waals surface area (Å²) in [7, 11) is 0. The van der Waals surface area contributed by atoms with Crippen LogP contribution in [0.4, 0.5) is 5.69 Å². The van der Waals surface area contributed by atoms with E-state index in [-0.39, 0.29) is 12.5 Å². The lowest BCUT2D eigenvalue weighted by molar-refractivity contribution is -0.119. The lowest BCUT2D eigenvalue weighted by Gasteiger charge is -2.09. The van der Waals surface area contributed by atoms with E-state index in [2.05, 4.69) is 26.2 Å². The standard InChI is InChI=1S/C18H15BrN2O3/c1-11-8-12(19)6-7-15(11)21-17(22)10-24-18(23)14-9-20-16-5-3-2-4-13(14)16/h2-9,20H,10H2,1H3,(H,21,22). The summed E-state index contributed by atoms with van der Waals surface area (Å²) in [5.41, 5.74) is 2.87. The van der Waals surface area contributed by atoms with Gasteiger partial charge < -0.3 is 15.0 Å². The molecule has 0 unspecified atom stereocenters. The summed E-state index contributed by atoms with van der Waals surface area (Å²) in [4.78, 5) is 27.1. The molecule has 1 amide bonds. The summed E-state index contributed by atoms with van der Waals surface area (Å²) in [5.74, 6) is -0.913. The number of hydrogen-bond acceptors (Lipinski definition) is 3. The van der Waals surface area contributed by atoms with Gasteiger partial charge >= 0.3 is 5.97 Å². The van der Waals surface area contributed by atoms with Crippen LogP contribution in [0.2, 0.25) is 0 Å². The van der Waals surface area contributed by atoms with E-state index in [1.165, 1.54) is 0 Å². The Hall–Kier alpha value is -2.60. The molecule has 1 aromatic heterocycles. The molecule has 1 heterocycles. The summed E-state index contributed by atoms with van der Waals surface area (Å²) in [5, 5.41) is 3.50. The van der Waals surface area contributed by atoms with Crippen molar-refractivity contribution < 1.29 is 14.3 Å². The molecule has 0 atom stereocenters. The number of rotatable bonds is 4. The summed E-state index contributed by atoms with van der Waals surface area (Å²) < 4.78 is 6.05. The van der Waals surface area contributed by atoms with Gasteiger partial charge in [-0.2, -0.15) is 0 Å². The van der Waals surface area contributed by atoms with E-state index in [4.69, 9.17) is 4.74 Å². The van der Waals surface area contributed by atoms with E-state index >= 15 is 0 Å². The zero-order chi connectivity index (χ0) is 17.1. The number of aromatic amines is 1. The van der Waals surface area contributed by atoms with Crippen LogP contribution in [-0.2, 0) is 9.53 Å². The summed E-state index contributed by atoms with van der Waals surface area (Å²) in [6.45, 7) is 1.55. The number of aromatic nitrogens is 1. The van der Waals surface area contributed by atoms with E-state index in [1.807, 2.05) is 43.3 Å². The van der Waals surface area contributed by atoms with Gasteiger partial charge in [-0.05, 0) is 36.8 Å². The number of esters is 1. The second-order valence-electron chi connectivity index (χ2n) is 5.33. The van der Waals surface area contributed by atoms with Gasteiger partial charge in [-0.1, -0.05) is 34.1 Å². The van der Waals surface area contributed by atoms with Crippen LogP contribution in [0.1, 0.15) is 15.9 Å². The zero-order valence-corrected chi connectivity index (χ0v) is 14.5. The van der Waals surface area contributed by atoms with E-state index in [1.54, 1.807) is 12.3 Å². The number of anilines is 1. The highest BCUT2D eigenvalue weighted by molar-refractivity contribution is 9.10. The molecular formula is C18H15BrN2O3. The Kier molecular flexibility index (Phi) is 4.66. The van der Waals surface area contributed by atoms with Crippen molar-refractivity contribution in [3.05, 3.63) is 64.3 Å². The van der Waals surface area contributed by atoms with E-state index in [0.717, 1.165) is 20.9 Å². The highest BCUT2D eigenvalue weighted by Gasteiger charge is 2.15. The highest BCUT2D eigenvalue weighted by atomic mass is 79.9. The Morgan fingerprint density at radius 1 is 1.21 bits per heavy atom. The fourth-order valence-electron chi connectivity index (χ4n) is 2.40. The Morgan fingerprint density at radius 3 is 2.79 bits per heavy atom. The Balaban J connectivity index is 1.62. The number of fused-ring (bicyclic) bond motifs is 1. The third-order valence-electron chi connectivity index (χ3n) is 3.61. The van der Waals surface area contributed by atoms with Crippen LogP contribution >= 0.6 is 15.9 Å². The minimum atomic E-state index is -0.532. The first-order chi connectivity index (χ1) is 11.5. The molecule has 0 saturated heterocycles. The normalized spacial score (nSPS) is 10.6. The largest absolute Gasteiger partial charge is 0.452 e. The number of benzene rings is 2. The molecular weight excluding hydrogens is 372 g/mol. The van der Waals surface area contributed by atoms with Gasteiger partial charge in [-0.3, -0.25) is 4.79 Å². The molecule has 2 N–H and O–H groups in total. The lowest BCUT2D eigenvalue weighted by atomic mass is 10.2. The molecule has 122 valence electrons. The first-order valence-electron chi connectivity index (χ1n) is 7.34. The molecule has 5 nitrogen and oxygen atoms in total. The fourth-order valence-corrected chi connectivity index (χ4v) is 2.88. The minimum Gasteiger partial charge on any atom is -0.452 e. The van der Waals surface area contributed by atoms with Crippen LogP contribution in [0.5, 0.6) is 0 Å². The number of carbonyl (C=O) groups excluding carboxylic acids is 2. The molecule has 6 heteroatoms. The van der Waals surface area contributed by atoms with Gasteiger partial charge in [-0.15, -0.1) is 0 Å². The molecule has 0 saturated carbocycles. The molecule has 24 heavy (non-hydrogen) atoms. The van der Waals surface area contributed by atoms with Crippen LogP contribution in [-0.4, -0.2) is 23.5 Å². The number of aryl methyl sites for hydroxylation is 1. The number of halogens is 1. The molecule has 0 radical (unpaired) electrons. The topological polar surface area (TPSA) is 71.2 Å². The Morgan fingerprint density at radius 2 is 2.00 bits per heavy atom. The maximum absolute atomic E-state index is 12.2. The smallest absolute Gasteiger partial charge is 0.340 e. The molecule has 0 aliphatic rings. The SMILES string of the molecule is Cc1cc(Br)ccc1NC(=O)COC(=O)c1c[nH]c2ccccc12. The first kappa shape index (κ1) is 16.3. The van der Waals surface area contributed by atoms with Gasteiger partial charge in [0.25, 0.3) is 5.91 Å². The van der Waals surface area contributed by atoms with E-state index in [9.17, 15) is 9.59 Å². The van der Waals surface area contributed by atoms with Gasteiger partial charge in [-0.25, -0.2) is 4.79 Å². The van der Waals surface area contributed by atoms with Crippen LogP contribution in [0, 0.1) is 6.92 Å². The molecule has 0 bridgehead atoms. The maximum Gasteiger partial charge on any atom is 0.340 e. The van der Waals surface area contributed by atoms with Crippen molar-refractivity contribution in [2.75, 3.05) is 11.9 Å². The second-order valence-corrected chi connectivity index (χ2v) is 6.25. The number of carbonyl (C=O) groups is 2. The van der Waals surface area contributed by atoms with Crippen molar-refractivity contribution in [3.8, 4) is 0 Å². The highest BCUT2D eigenvalue weighted by Crippen LogP contribution is 2.20. The molecule has 0 aliphatic heterocycles. The molecule has 3 aromatic rings. The van der Waals surface area contributed by atoms with Crippen molar-refractivity contribution in [1.29, 1.82) is 0 Å². The van der Waals surface area contributed by atoms with E-state index in [0.29, 0.717) is 11.3 Å². The summed E-state index contributed by atoms with van der Waals surface area (Å²) in [6, 6.07) is 12.9. The van der Waals surface area contributed by atoms with Gasteiger partial charge in [0.2, 0.25) is 0 Å². The second kappa shape index (κ2) is 6.88. The molecule has 0 fully saturated rings. The third kappa shape index (κ3) is 3.49. The zero-order valence-electron chi connectivity index (χ0n) is 12.9. The summed E-state index contributed by atoms with van der Waals surface area (Å²) >= 11 is 3.37. The van der Waals surface area contributed by atoms with Gasteiger partial charge in [0.05, 0.1) is 5.56 Å². The van der Waals surface area contributed by atoms with Crippen LogP contribution in [0.3, 0.4) is 0 Å². The average Bonchev–Trinajstić information content (AvgIpc) is 2.99. The molecule has 0 aliphatic carbocycles. The number of ether oxygens (including phenoxy) is 1. The minimum absolute atomic E-state index is 0.339. The molecule has 0 spiro atoms. The average molecular weight is 387 g/mol. The first-order valence-corrected chi connectivity index (χ1v) is 8.13. The number of nitrogens with one attached hydrogen (secondary N) is 2. The number of amides is 1. The van der Waals surface area contributed by atoms with E-state index < -0.39 is 5.97 Å². The van der Waals surface area contributed by atoms with Crippen LogP contribution in [0.25, 0.3) is 10.9 Å². The van der Waals surface area contributed by atoms with Crippen molar-refractivity contribution in [2.24, 2.45) is 0 Å². The predicted molar refractivity (Wildman–Crippen MR) is 96.1 cm³/mol. The maximum atomic E-state index is 12.2. The predicted octanol–water partition coefficient (Wildman–Crippen LogP) is 4.03. The number of hydrogen-bond donors (Lipinski definition) is 2. The Bertz CT molecular complexity index is 918. The number of para-hydroxylation sites is 1. The lowest BCUT2D eigenvalue weighted by Crippen LogP contribution is -2.21. The van der Waals surface area contributed by atoms with Gasteiger partial charge in [0.15, 0.2) is 6.61 Å². The van der Waals surface area contributed by atoms with Crippen LogP contribution < -0.4 is 5.32 Å². The molecule has 2 aromatic carbocycles. The third-order valence-corrected chi connectivity index (χ3v) is 4.10. The summed E-state index contributed by atoms with van der Waals surface area (Å²) in [6.07, 6.45) is 1.59. The van der Waals surface area contributed by atoms with Crippen LogP contribution in [0.15, 0.2) is 53.1 Å². The van der Waals surface area contributed by atoms with Gasteiger partial charge in [0.1, 0.15) is 0 Å². The van der Waals surface area contributed by atoms with Crippen molar-refractivity contribution in [1.82, 2.24) is 4.98 Å². The van der Waals surface area contributed by atoms with Crippen molar-refractivity contribution in [3.63, 3.8) is 0 Å². The van der Waals surface area contributed by atoms with Crippen molar-refractivity contribution in [2.45, 2.75) is 6.92 Å². The van der Waals surface area contributed by atoms with Crippen molar-refractivity contribution >= 4 is 44.4 Å². The Labute approximate surface area is 147 Å². The quantitative estimate of drug-likeness (QED) is 0.664. The monoisotopic (exact) mass is 386 g/mol. The molecule has 3 rings (SSSR count). The van der Waals surface area contributed by atoms with Gasteiger partial charge in [0, 0.05) is 27.3 Å².